The van der Waals surface area contributed by atoms with E-state index in [2.05, 4.69) is 66.8 Å². The summed E-state index contributed by atoms with van der Waals surface area (Å²) in [5.74, 6) is 0. The second-order valence-electron chi connectivity index (χ2n) is 12.5. The fourth-order valence-corrected chi connectivity index (χ4v) is 8.29. The van der Waals surface area contributed by atoms with E-state index in [1.54, 1.807) is 12.1 Å². The fourth-order valence-electron chi connectivity index (χ4n) is 7.76. The highest BCUT2D eigenvalue weighted by atomic mass is 32.3. The van der Waals surface area contributed by atoms with E-state index in [4.69, 9.17) is 4.74 Å². The van der Waals surface area contributed by atoms with Gasteiger partial charge in [-0.3, -0.25) is 4.79 Å². The zero-order valence-electron chi connectivity index (χ0n) is 23.3. The number of anilines is 1. The molecule has 40 heavy (non-hydrogen) atoms. The Balaban J connectivity index is 1.36. The number of fused-ring (bicyclic) bond motifs is 8. The van der Waals surface area contributed by atoms with Crippen molar-refractivity contribution in [2.45, 2.75) is 75.0 Å². The molecule has 1 amide bonds. The molecule has 0 spiro atoms. The first-order valence-corrected chi connectivity index (χ1v) is 15.4. The van der Waals surface area contributed by atoms with E-state index in [9.17, 15) is 18.5 Å². The lowest BCUT2D eigenvalue weighted by Crippen LogP contribution is -2.47. The predicted molar refractivity (Wildman–Crippen MR) is 156 cm³/mol. The molecular weight excluding hydrogens is 526 g/mol. The van der Waals surface area contributed by atoms with Crippen LogP contribution in [0, 0.1) is 0 Å². The van der Waals surface area contributed by atoms with Crippen LogP contribution in [-0.4, -0.2) is 55.7 Å². The van der Waals surface area contributed by atoms with Gasteiger partial charge in [0.1, 0.15) is 10.9 Å². The molecule has 5 aliphatic rings. The summed E-state index contributed by atoms with van der Waals surface area (Å²) in [6.07, 6.45) is 4.97. The molecule has 5 aliphatic heterocycles. The molecule has 4 N–H and O–H groups in total. The minimum absolute atomic E-state index is 0.00589. The van der Waals surface area contributed by atoms with Gasteiger partial charge in [-0.15, -0.1) is 0 Å². The van der Waals surface area contributed by atoms with Crippen LogP contribution in [0.25, 0.3) is 0 Å². The van der Waals surface area contributed by atoms with Crippen molar-refractivity contribution in [1.82, 2.24) is 5.32 Å². The molecule has 8 nitrogen and oxygen atoms in total. The summed E-state index contributed by atoms with van der Waals surface area (Å²) in [6.45, 7) is 11.1. The lowest BCUT2D eigenvalue weighted by molar-refractivity contribution is -0.445. The van der Waals surface area contributed by atoms with Crippen LogP contribution >= 0.6 is 10.9 Å². The monoisotopic (exact) mass is 562 g/mol. The van der Waals surface area contributed by atoms with Gasteiger partial charge in [0.05, 0.1) is 22.5 Å². The maximum absolute atomic E-state index is 10.9. The van der Waals surface area contributed by atoms with E-state index in [1.807, 2.05) is 6.07 Å². The summed E-state index contributed by atoms with van der Waals surface area (Å²) in [5.41, 5.74) is 9.85. The van der Waals surface area contributed by atoms with Gasteiger partial charge in [0, 0.05) is 59.1 Å². The molecular formula is C31H36N3O5S+. The third-order valence-corrected chi connectivity index (χ3v) is 10.4. The van der Waals surface area contributed by atoms with Crippen molar-refractivity contribution >= 4 is 34.4 Å². The molecule has 210 valence electrons. The molecule has 0 fully saturated rings. The number of carbonyl (C=O) groups is 1. The Morgan fingerprint density at radius 1 is 1.05 bits per heavy atom. The zero-order chi connectivity index (χ0) is 28.2. The van der Waals surface area contributed by atoms with Crippen LogP contribution in [0.3, 0.4) is 0 Å². The SMILES string of the molecule is CC1(C)C2=C3C=C4C5=[N+](CCC4OC3CCN2c2ccc(CNC=O)cc21)c1ccc(S(O)(O)O)cc1C5(C)C. The third kappa shape index (κ3) is 3.55. The van der Waals surface area contributed by atoms with E-state index in [0.717, 1.165) is 49.2 Å². The van der Waals surface area contributed by atoms with Crippen LogP contribution in [0.15, 0.2) is 64.2 Å². The highest BCUT2D eigenvalue weighted by Gasteiger charge is 2.54. The van der Waals surface area contributed by atoms with Crippen molar-refractivity contribution in [3.63, 3.8) is 0 Å². The molecule has 0 bridgehead atoms. The maximum atomic E-state index is 10.9. The van der Waals surface area contributed by atoms with Gasteiger partial charge in [-0.25, -0.2) is 0 Å². The second kappa shape index (κ2) is 8.53. The topological polar surface area (TPSA) is 105 Å². The van der Waals surface area contributed by atoms with Crippen molar-refractivity contribution < 1.29 is 27.8 Å². The summed E-state index contributed by atoms with van der Waals surface area (Å²) < 4.78 is 39.1. The van der Waals surface area contributed by atoms with E-state index < -0.39 is 16.3 Å². The van der Waals surface area contributed by atoms with Crippen LogP contribution in [-0.2, 0) is 26.9 Å². The van der Waals surface area contributed by atoms with E-state index in [1.165, 1.54) is 33.8 Å². The van der Waals surface area contributed by atoms with E-state index >= 15 is 0 Å². The Morgan fingerprint density at radius 3 is 2.60 bits per heavy atom. The van der Waals surface area contributed by atoms with Crippen LogP contribution in [0.5, 0.6) is 0 Å². The first-order valence-electron chi connectivity index (χ1n) is 13.9. The molecule has 2 unspecified atom stereocenters. The molecule has 5 heterocycles. The van der Waals surface area contributed by atoms with Gasteiger partial charge in [0.2, 0.25) is 12.1 Å². The van der Waals surface area contributed by atoms with E-state index in [0.29, 0.717) is 6.54 Å². The van der Waals surface area contributed by atoms with Crippen LogP contribution in [0.1, 0.15) is 57.2 Å². The smallest absolute Gasteiger partial charge is 0.209 e. The molecule has 2 aromatic rings. The number of rotatable bonds is 4. The van der Waals surface area contributed by atoms with Crippen molar-refractivity contribution in [2.24, 2.45) is 0 Å². The number of hydrogen-bond donors (Lipinski definition) is 4. The van der Waals surface area contributed by atoms with Crippen LogP contribution in [0.2, 0.25) is 0 Å². The van der Waals surface area contributed by atoms with Crippen LogP contribution in [0.4, 0.5) is 11.4 Å². The van der Waals surface area contributed by atoms with Crippen LogP contribution < -0.4 is 10.2 Å². The average molecular weight is 563 g/mol. The van der Waals surface area contributed by atoms with Gasteiger partial charge in [-0.2, -0.15) is 4.58 Å². The van der Waals surface area contributed by atoms with Gasteiger partial charge < -0.3 is 28.6 Å². The lowest BCUT2D eigenvalue weighted by Gasteiger charge is -2.42. The Kier molecular flexibility index (Phi) is 5.54. The third-order valence-electron chi connectivity index (χ3n) is 9.50. The number of hydrogen-bond acceptors (Lipinski definition) is 6. The van der Waals surface area contributed by atoms with Crippen molar-refractivity contribution in [3.8, 4) is 0 Å². The number of allylic oxidation sites excluding steroid dienone is 1. The van der Waals surface area contributed by atoms with Gasteiger partial charge in [0.25, 0.3) is 0 Å². The Labute approximate surface area is 236 Å². The summed E-state index contributed by atoms with van der Waals surface area (Å²) in [5, 5.41) is 2.79. The number of nitrogens with zero attached hydrogens (tertiary/aromatic N) is 2. The second-order valence-corrected chi connectivity index (χ2v) is 14.1. The predicted octanol–water partition coefficient (Wildman–Crippen LogP) is 5.44. The summed E-state index contributed by atoms with van der Waals surface area (Å²) in [4.78, 5) is 13.5. The molecule has 0 saturated carbocycles. The first kappa shape index (κ1) is 26.0. The zero-order valence-corrected chi connectivity index (χ0v) is 24.1. The Morgan fingerprint density at radius 2 is 1.85 bits per heavy atom. The number of benzene rings is 2. The van der Waals surface area contributed by atoms with Crippen molar-refractivity contribution in [2.75, 3.05) is 18.0 Å². The molecule has 2 atom stereocenters. The fraction of sp³-hybridized carbons (Fsp3) is 0.419. The van der Waals surface area contributed by atoms with Crippen molar-refractivity contribution in [1.29, 1.82) is 0 Å². The minimum Gasteiger partial charge on any atom is -0.365 e. The normalized spacial score (nSPS) is 25.8. The van der Waals surface area contributed by atoms with E-state index in [-0.39, 0.29) is 22.5 Å². The van der Waals surface area contributed by atoms with Gasteiger partial charge in [0.15, 0.2) is 12.3 Å². The highest BCUT2D eigenvalue weighted by Crippen LogP contribution is 2.55. The quantitative estimate of drug-likeness (QED) is 0.292. The van der Waals surface area contributed by atoms with Gasteiger partial charge in [-0.05, 0) is 55.7 Å². The summed E-state index contributed by atoms with van der Waals surface area (Å²) in [6, 6.07) is 11.8. The van der Waals surface area contributed by atoms with Gasteiger partial charge >= 0.3 is 0 Å². The Hall–Kier alpha value is -2.95. The highest BCUT2D eigenvalue weighted by molar-refractivity contribution is 8.19. The number of amides is 1. The molecule has 9 heteroatoms. The largest absolute Gasteiger partial charge is 0.365 e. The summed E-state index contributed by atoms with van der Waals surface area (Å²) >= 11 is 0. The molecule has 0 radical (unpaired) electrons. The molecule has 0 saturated heterocycles. The lowest BCUT2D eigenvalue weighted by atomic mass is 9.74. The number of ether oxygens (including phenoxy) is 1. The minimum atomic E-state index is -3.81. The summed E-state index contributed by atoms with van der Waals surface area (Å²) in [7, 11) is -3.81. The standard InChI is InChI=1S/C31H35N3O5S/c1-30(2)22-13-18(16-32-17-35)5-7-24(22)33-11-9-26-20(28(30)33)15-21-27(39-26)10-12-34-25-8-6-19(40(36,37)38)14-23(25)31(3,4)29(21)34/h5-8,13-15,17,26-27H,9-12,16H2,1-4H3,(H3-,32,35,36,37,38)/p+1. The number of nitrogens with one attached hydrogen (secondary N) is 1. The molecule has 2 aromatic carbocycles. The maximum Gasteiger partial charge on any atom is 0.209 e. The van der Waals surface area contributed by atoms with Gasteiger partial charge in [-0.1, -0.05) is 26.0 Å². The van der Waals surface area contributed by atoms with Crippen molar-refractivity contribution in [3.05, 3.63) is 76.0 Å². The Bertz CT molecular complexity index is 1570. The number of carbonyl (C=O) groups excluding carboxylic acids is 1. The molecule has 0 aliphatic carbocycles. The molecule has 0 aromatic heterocycles. The average Bonchev–Trinajstić information content (AvgIpc) is 3.29. The molecule has 7 rings (SSSR count). The first-order chi connectivity index (χ1) is 18.9.